The molecule has 1 aliphatic rings. The van der Waals surface area contributed by atoms with Crippen molar-refractivity contribution in [3.05, 3.63) is 47.2 Å². The first kappa shape index (κ1) is 22.9. The lowest BCUT2D eigenvalue weighted by Crippen LogP contribution is -2.44. The van der Waals surface area contributed by atoms with Gasteiger partial charge < -0.3 is 15.2 Å². The van der Waals surface area contributed by atoms with Gasteiger partial charge in [-0.1, -0.05) is 18.5 Å². The van der Waals surface area contributed by atoms with Crippen LogP contribution < -0.4 is 10.6 Å². The molecule has 9 heteroatoms. The molecule has 1 aromatic heterocycles. The molecule has 0 saturated carbocycles. The average molecular weight is 434 g/mol. The smallest absolute Gasteiger partial charge is 0.248 e. The lowest BCUT2D eigenvalue weighted by molar-refractivity contribution is -0.126. The molecule has 1 aromatic carbocycles. The van der Waals surface area contributed by atoms with Crippen molar-refractivity contribution >= 4 is 17.6 Å². The summed E-state index contributed by atoms with van der Waals surface area (Å²) in [4.78, 5) is 27.3. The van der Waals surface area contributed by atoms with E-state index < -0.39 is 29.5 Å². The topological polar surface area (TPSA) is 87.5 Å². The van der Waals surface area contributed by atoms with E-state index in [1.54, 1.807) is 6.07 Å². The second-order valence-electron chi connectivity index (χ2n) is 7.89. The molecule has 0 spiro atoms. The molecule has 2 N–H and O–H groups in total. The van der Waals surface area contributed by atoms with Gasteiger partial charge in [0.25, 0.3) is 0 Å². The van der Waals surface area contributed by atoms with Gasteiger partial charge in [0.2, 0.25) is 11.8 Å². The molecule has 3 rings (SSSR count). The molecule has 1 saturated heterocycles. The molecule has 7 nitrogen and oxygen atoms in total. The Kier molecular flexibility index (Phi) is 7.73. The number of amides is 2. The highest BCUT2D eigenvalue weighted by Crippen LogP contribution is 2.26. The monoisotopic (exact) mass is 434 g/mol. The number of nitrogens with zero attached hydrogens (tertiary/aromatic N) is 2. The second-order valence-corrected chi connectivity index (χ2v) is 7.89. The number of carbonyl (C=O) groups is 2. The lowest BCUT2D eigenvalue weighted by atomic mass is 10.1. The van der Waals surface area contributed by atoms with E-state index in [0.29, 0.717) is 18.6 Å². The number of rotatable bonds is 9. The fourth-order valence-electron chi connectivity index (χ4n) is 3.77. The number of likely N-dealkylation sites (tertiary alicyclic amines) is 1. The van der Waals surface area contributed by atoms with Gasteiger partial charge in [0.1, 0.15) is 17.7 Å². The van der Waals surface area contributed by atoms with Crippen LogP contribution in [-0.2, 0) is 16.0 Å². The first-order valence-corrected chi connectivity index (χ1v) is 10.6. The molecule has 2 unspecified atom stereocenters. The maximum Gasteiger partial charge on any atom is 0.248 e. The van der Waals surface area contributed by atoms with Crippen LogP contribution in [0.2, 0.25) is 0 Å². The third-order valence-electron chi connectivity index (χ3n) is 5.40. The normalized spacial score (nSPS) is 16.1. The summed E-state index contributed by atoms with van der Waals surface area (Å²) >= 11 is 0. The van der Waals surface area contributed by atoms with E-state index in [4.69, 9.17) is 4.52 Å². The van der Waals surface area contributed by atoms with Crippen LogP contribution in [0.5, 0.6) is 0 Å². The van der Waals surface area contributed by atoms with Crippen molar-refractivity contribution < 1.29 is 22.9 Å². The Bertz CT molecular complexity index is 892. The highest BCUT2D eigenvalue weighted by molar-refractivity contribution is 5.96. The van der Waals surface area contributed by atoms with E-state index in [1.165, 1.54) is 0 Å². The molecule has 0 radical (unpaired) electrons. The minimum absolute atomic E-state index is 0.0680. The molecule has 168 valence electrons. The minimum atomic E-state index is -0.799. The van der Waals surface area contributed by atoms with Crippen LogP contribution in [-0.4, -0.2) is 41.0 Å². The maximum atomic E-state index is 13.3. The third kappa shape index (κ3) is 6.33. The van der Waals surface area contributed by atoms with Crippen molar-refractivity contribution in [2.75, 3.05) is 18.4 Å². The van der Waals surface area contributed by atoms with Gasteiger partial charge in [0.15, 0.2) is 11.6 Å². The molecule has 2 atom stereocenters. The summed E-state index contributed by atoms with van der Waals surface area (Å²) in [5.41, 5.74) is 0.197. The van der Waals surface area contributed by atoms with E-state index in [-0.39, 0.29) is 23.8 Å². The van der Waals surface area contributed by atoms with Crippen molar-refractivity contribution in [1.82, 2.24) is 15.4 Å². The van der Waals surface area contributed by atoms with Gasteiger partial charge in [-0.05, 0) is 57.0 Å². The fraction of sp³-hybridized carbons (Fsp3) is 0.500. The maximum absolute atomic E-state index is 13.3. The van der Waals surface area contributed by atoms with Crippen molar-refractivity contribution in [3.8, 4) is 0 Å². The minimum Gasteiger partial charge on any atom is -0.358 e. The van der Waals surface area contributed by atoms with Crippen LogP contribution in [0.4, 0.5) is 14.6 Å². The average Bonchev–Trinajstić information content (AvgIpc) is 3.38. The summed E-state index contributed by atoms with van der Waals surface area (Å²) in [6.07, 6.45) is 3.14. The van der Waals surface area contributed by atoms with Crippen molar-refractivity contribution in [1.29, 1.82) is 0 Å². The number of carbonyl (C=O) groups excluding carboxylic acids is 2. The van der Waals surface area contributed by atoms with Crippen molar-refractivity contribution in [2.24, 2.45) is 0 Å². The van der Waals surface area contributed by atoms with E-state index in [0.717, 1.165) is 44.1 Å². The number of hydrogen-bond acceptors (Lipinski definition) is 5. The lowest BCUT2D eigenvalue weighted by Gasteiger charge is -2.20. The predicted molar refractivity (Wildman–Crippen MR) is 111 cm³/mol. The number of nitrogens with one attached hydrogen (secondary N) is 2. The number of anilines is 1. The highest BCUT2D eigenvalue weighted by Gasteiger charge is 2.25. The van der Waals surface area contributed by atoms with E-state index in [2.05, 4.69) is 20.7 Å². The first-order valence-electron chi connectivity index (χ1n) is 10.6. The molecule has 1 fully saturated rings. The van der Waals surface area contributed by atoms with Gasteiger partial charge in [0.05, 0.1) is 12.5 Å². The number of aromatic nitrogens is 1. The van der Waals surface area contributed by atoms with Crippen molar-refractivity contribution in [2.45, 2.75) is 58.0 Å². The van der Waals surface area contributed by atoms with Crippen LogP contribution in [0, 0.1) is 11.6 Å². The quantitative estimate of drug-likeness (QED) is 0.630. The predicted octanol–water partition coefficient (Wildman–Crippen LogP) is 3.58. The summed E-state index contributed by atoms with van der Waals surface area (Å²) in [6, 6.07) is 3.89. The molecular formula is C22H28F2N4O3. The zero-order valence-corrected chi connectivity index (χ0v) is 17.8. The summed E-state index contributed by atoms with van der Waals surface area (Å²) < 4.78 is 32.1. The number of benzene rings is 1. The van der Waals surface area contributed by atoms with Crippen LogP contribution in [0.1, 0.15) is 56.9 Å². The summed E-state index contributed by atoms with van der Waals surface area (Å²) in [7, 11) is 0. The van der Waals surface area contributed by atoms with E-state index in [9.17, 15) is 18.4 Å². The summed E-state index contributed by atoms with van der Waals surface area (Å²) in [5.74, 6) is -1.47. The van der Waals surface area contributed by atoms with Crippen LogP contribution in [0.15, 0.2) is 28.8 Å². The van der Waals surface area contributed by atoms with Crippen LogP contribution in [0.25, 0.3) is 0 Å². The Morgan fingerprint density at radius 3 is 2.48 bits per heavy atom. The zero-order chi connectivity index (χ0) is 22.4. The number of halogens is 2. The standard InChI is InChI=1S/C22H28F2N4O3/c1-3-6-18(25-21(29)11-15-9-16(23)12-17(24)10-15)22(30)26-20-13-19(31-27-20)14(2)28-7-4-5-8-28/h9-10,12-14,18H,3-8,11H2,1-2H3,(H,25,29)(H,26,27,30). The first-order chi connectivity index (χ1) is 14.9. The Morgan fingerprint density at radius 1 is 1.16 bits per heavy atom. The molecule has 0 aliphatic carbocycles. The van der Waals surface area contributed by atoms with Gasteiger partial charge in [-0.15, -0.1) is 0 Å². The van der Waals surface area contributed by atoms with Crippen LogP contribution in [0.3, 0.4) is 0 Å². The van der Waals surface area contributed by atoms with Gasteiger partial charge in [-0.2, -0.15) is 0 Å². The fourth-order valence-corrected chi connectivity index (χ4v) is 3.77. The second kappa shape index (κ2) is 10.5. The molecule has 2 heterocycles. The molecular weight excluding hydrogens is 406 g/mol. The Morgan fingerprint density at radius 2 is 1.84 bits per heavy atom. The Hall–Kier alpha value is -2.81. The van der Waals surface area contributed by atoms with Gasteiger partial charge >= 0.3 is 0 Å². The zero-order valence-electron chi connectivity index (χ0n) is 17.8. The van der Waals surface area contributed by atoms with E-state index >= 15 is 0 Å². The molecule has 1 aliphatic heterocycles. The molecule has 2 aromatic rings. The number of hydrogen-bond donors (Lipinski definition) is 2. The molecule has 31 heavy (non-hydrogen) atoms. The van der Waals surface area contributed by atoms with Gasteiger partial charge in [0, 0.05) is 12.1 Å². The van der Waals surface area contributed by atoms with Crippen molar-refractivity contribution in [3.63, 3.8) is 0 Å². The van der Waals surface area contributed by atoms with Crippen LogP contribution >= 0.6 is 0 Å². The van der Waals surface area contributed by atoms with Gasteiger partial charge in [-0.3, -0.25) is 14.5 Å². The summed E-state index contributed by atoms with van der Waals surface area (Å²) in [5, 5.41) is 9.25. The summed E-state index contributed by atoms with van der Waals surface area (Å²) in [6.45, 7) is 5.93. The van der Waals surface area contributed by atoms with E-state index in [1.807, 2.05) is 13.8 Å². The molecule has 2 amide bonds. The SMILES string of the molecule is CCCC(NC(=O)Cc1cc(F)cc(F)c1)C(=O)Nc1cc(C(C)N2CCCC2)on1. The highest BCUT2D eigenvalue weighted by atomic mass is 19.1. The Balaban J connectivity index is 1.59. The Labute approximate surface area is 180 Å². The molecule has 0 bridgehead atoms. The largest absolute Gasteiger partial charge is 0.358 e. The third-order valence-corrected chi connectivity index (χ3v) is 5.40. The van der Waals surface area contributed by atoms with Gasteiger partial charge in [-0.25, -0.2) is 8.78 Å².